The van der Waals surface area contributed by atoms with Gasteiger partial charge in [0, 0.05) is 19.6 Å². The molecule has 136 valence electrons. The van der Waals surface area contributed by atoms with Crippen molar-refractivity contribution >= 4 is 28.3 Å². The summed E-state index contributed by atoms with van der Waals surface area (Å²) in [6.07, 6.45) is 1.77. The van der Waals surface area contributed by atoms with E-state index in [1.165, 1.54) is 0 Å². The molecular weight excluding hydrogens is 350 g/mol. The van der Waals surface area contributed by atoms with Crippen LogP contribution in [0.5, 0.6) is 0 Å². The average Bonchev–Trinajstić information content (AvgIpc) is 2.53. The third-order valence-corrected chi connectivity index (χ3v) is 5.55. The lowest BCUT2D eigenvalue weighted by Gasteiger charge is -2.33. The maximum Gasteiger partial charge on any atom is 0.240 e. The molecule has 8 heteroatoms. The van der Waals surface area contributed by atoms with Gasteiger partial charge in [-0.25, -0.2) is 13.1 Å². The fraction of sp³-hybridized carbons (Fsp3) is 0.562. The molecule has 0 bridgehead atoms. The second-order valence-corrected chi connectivity index (χ2v) is 8.01. The van der Waals surface area contributed by atoms with E-state index in [2.05, 4.69) is 4.72 Å². The Balaban J connectivity index is 0.00000288. The van der Waals surface area contributed by atoms with Crippen molar-refractivity contribution in [1.82, 2.24) is 9.62 Å². The number of likely N-dealkylation sites (tertiary alicyclic amines) is 1. The van der Waals surface area contributed by atoms with E-state index in [1.54, 1.807) is 36.1 Å². The van der Waals surface area contributed by atoms with Crippen LogP contribution in [0, 0.1) is 12.8 Å². The fourth-order valence-corrected chi connectivity index (χ4v) is 3.86. The molecule has 24 heavy (non-hydrogen) atoms. The van der Waals surface area contributed by atoms with Crippen LogP contribution < -0.4 is 10.5 Å². The van der Waals surface area contributed by atoms with Crippen molar-refractivity contribution in [3.63, 3.8) is 0 Å². The molecular formula is C16H26ClN3O3S. The van der Waals surface area contributed by atoms with Gasteiger partial charge in [0.15, 0.2) is 0 Å². The highest BCUT2D eigenvalue weighted by molar-refractivity contribution is 7.89. The van der Waals surface area contributed by atoms with E-state index in [1.807, 2.05) is 6.92 Å². The van der Waals surface area contributed by atoms with E-state index in [4.69, 9.17) is 5.73 Å². The van der Waals surface area contributed by atoms with Crippen LogP contribution in [0.4, 0.5) is 0 Å². The SMILES string of the molecule is Cc1ccc(S(=O)(=O)NCC2CCCN(C(=O)[C@H](C)N)C2)cc1.Cl. The lowest BCUT2D eigenvalue weighted by atomic mass is 9.98. The Labute approximate surface area is 150 Å². The van der Waals surface area contributed by atoms with Crippen molar-refractivity contribution in [2.24, 2.45) is 11.7 Å². The van der Waals surface area contributed by atoms with Crippen LogP contribution in [-0.4, -0.2) is 44.9 Å². The van der Waals surface area contributed by atoms with E-state index in [0.29, 0.717) is 19.6 Å². The maximum absolute atomic E-state index is 12.3. The van der Waals surface area contributed by atoms with Crippen molar-refractivity contribution in [3.05, 3.63) is 29.8 Å². The zero-order valence-electron chi connectivity index (χ0n) is 14.1. The summed E-state index contributed by atoms with van der Waals surface area (Å²) in [7, 11) is -3.51. The molecule has 1 amide bonds. The molecule has 0 radical (unpaired) electrons. The first kappa shape index (κ1) is 20.9. The van der Waals surface area contributed by atoms with Gasteiger partial charge in [-0.15, -0.1) is 12.4 Å². The lowest BCUT2D eigenvalue weighted by Crippen LogP contribution is -2.48. The quantitative estimate of drug-likeness (QED) is 0.810. The first-order valence-corrected chi connectivity index (χ1v) is 9.38. The summed E-state index contributed by atoms with van der Waals surface area (Å²) < 4.78 is 27.3. The van der Waals surface area contributed by atoms with Crippen molar-refractivity contribution in [2.75, 3.05) is 19.6 Å². The highest BCUT2D eigenvalue weighted by atomic mass is 35.5. The van der Waals surface area contributed by atoms with Crippen LogP contribution in [0.2, 0.25) is 0 Å². The van der Waals surface area contributed by atoms with Crippen LogP contribution in [0.15, 0.2) is 29.2 Å². The molecule has 0 aliphatic carbocycles. The molecule has 1 heterocycles. The summed E-state index contributed by atoms with van der Waals surface area (Å²) >= 11 is 0. The maximum atomic E-state index is 12.3. The topological polar surface area (TPSA) is 92.5 Å². The van der Waals surface area contributed by atoms with E-state index in [-0.39, 0.29) is 29.1 Å². The number of aryl methyl sites for hydroxylation is 1. The van der Waals surface area contributed by atoms with Gasteiger partial charge in [0.25, 0.3) is 0 Å². The Hall–Kier alpha value is -1.15. The van der Waals surface area contributed by atoms with Gasteiger partial charge in [-0.2, -0.15) is 0 Å². The van der Waals surface area contributed by atoms with E-state index in [9.17, 15) is 13.2 Å². The van der Waals surface area contributed by atoms with Gasteiger partial charge < -0.3 is 10.6 Å². The molecule has 1 fully saturated rings. The summed E-state index contributed by atoms with van der Waals surface area (Å²) in [5.41, 5.74) is 6.66. The minimum absolute atomic E-state index is 0. The number of benzene rings is 1. The van der Waals surface area contributed by atoms with E-state index < -0.39 is 16.1 Å². The molecule has 1 aromatic rings. The standard InChI is InChI=1S/C16H25N3O3S.ClH/c1-12-5-7-15(8-6-12)23(21,22)18-10-14-4-3-9-19(11-14)16(20)13(2)17;/h5-8,13-14,18H,3-4,9-11,17H2,1-2H3;1H/t13-,14?;/m0./s1. The second-order valence-electron chi connectivity index (χ2n) is 6.25. The number of halogens is 1. The van der Waals surface area contributed by atoms with Crippen LogP contribution in [0.3, 0.4) is 0 Å². The van der Waals surface area contributed by atoms with Gasteiger partial charge in [-0.3, -0.25) is 4.79 Å². The average molecular weight is 376 g/mol. The van der Waals surface area contributed by atoms with Crippen LogP contribution in [-0.2, 0) is 14.8 Å². The Morgan fingerprint density at radius 3 is 2.58 bits per heavy atom. The Morgan fingerprint density at radius 2 is 2.00 bits per heavy atom. The summed E-state index contributed by atoms with van der Waals surface area (Å²) in [4.78, 5) is 14.0. The van der Waals surface area contributed by atoms with Crippen LogP contribution in [0.1, 0.15) is 25.3 Å². The van der Waals surface area contributed by atoms with Gasteiger partial charge in [-0.1, -0.05) is 17.7 Å². The molecule has 0 saturated carbocycles. The number of nitrogens with two attached hydrogens (primary N) is 1. The van der Waals surface area contributed by atoms with Crippen molar-refractivity contribution in [2.45, 2.75) is 37.6 Å². The zero-order valence-corrected chi connectivity index (χ0v) is 15.7. The fourth-order valence-electron chi connectivity index (χ4n) is 2.75. The van der Waals surface area contributed by atoms with Crippen molar-refractivity contribution in [1.29, 1.82) is 0 Å². The van der Waals surface area contributed by atoms with E-state index in [0.717, 1.165) is 18.4 Å². The number of piperidine rings is 1. The van der Waals surface area contributed by atoms with Gasteiger partial charge in [0.2, 0.25) is 15.9 Å². The Morgan fingerprint density at radius 1 is 1.38 bits per heavy atom. The zero-order chi connectivity index (χ0) is 17.0. The molecule has 6 nitrogen and oxygen atoms in total. The number of carbonyl (C=O) groups excluding carboxylic acids is 1. The van der Waals surface area contributed by atoms with Crippen LogP contribution in [0.25, 0.3) is 0 Å². The number of rotatable bonds is 5. The Bertz CT molecular complexity index is 647. The number of amides is 1. The molecule has 0 spiro atoms. The molecule has 1 aliphatic rings. The predicted octanol–water partition coefficient (Wildman–Crippen LogP) is 1.28. The molecule has 1 saturated heterocycles. The molecule has 2 atom stereocenters. The monoisotopic (exact) mass is 375 g/mol. The highest BCUT2D eigenvalue weighted by Gasteiger charge is 2.26. The van der Waals surface area contributed by atoms with Crippen molar-refractivity contribution in [3.8, 4) is 0 Å². The van der Waals surface area contributed by atoms with Gasteiger partial charge in [-0.05, 0) is 44.7 Å². The third-order valence-electron chi connectivity index (χ3n) is 4.11. The summed E-state index contributed by atoms with van der Waals surface area (Å²) in [6.45, 7) is 5.17. The molecule has 1 unspecified atom stereocenters. The van der Waals surface area contributed by atoms with Gasteiger partial charge in [0.05, 0.1) is 10.9 Å². The van der Waals surface area contributed by atoms with Gasteiger partial charge >= 0.3 is 0 Å². The number of hydrogen-bond acceptors (Lipinski definition) is 4. The third kappa shape index (κ3) is 5.44. The van der Waals surface area contributed by atoms with Crippen molar-refractivity contribution < 1.29 is 13.2 Å². The first-order chi connectivity index (χ1) is 10.8. The number of nitrogens with one attached hydrogen (secondary N) is 1. The minimum Gasteiger partial charge on any atom is -0.341 e. The van der Waals surface area contributed by atoms with E-state index >= 15 is 0 Å². The molecule has 1 aliphatic heterocycles. The number of hydrogen-bond donors (Lipinski definition) is 2. The molecule has 3 N–H and O–H groups in total. The predicted molar refractivity (Wildman–Crippen MR) is 96.6 cm³/mol. The largest absolute Gasteiger partial charge is 0.341 e. The van der Waals surface area contributed by atoms with Gasteiger partial charge in [0.1, 0.15) is 0 Å². The minimum atomic E-state index is -3.51. The van der Waals surface area contributed by atoms with Crippen LogP contribution >= 0.6 is 12.4 Å². The number of sulfonamides is 1. The smallest absolute Gasteiger partial charge is 0.240 e. The normalized spacial score (nSPS) is 19.5. The summed E-state index contributed by atoms with van der Waals surface area (Å²) in [5.74, 6) is 0.0442. The summed E-state index contributed by atoms with van der Waals surface area (Å²) in [6, 6.07) is 6.24. The number of carbonyl (C=O) groups is 1. The Kier molecular flexibility index (Phi) is 7.66. The summed E-state index contributed by atoms with van der Waals surface area (Å²) in [5, 5.41) is 0. The molecule has 0 aromatic heterocycles. The molecule has 1 aromatic carbocycles. The first-order valence-electron chi connectivity index (χ1n) is 7.90. The highest BCUT2D eigenvalue weighted by Crippen LogP contribution is 2.17. The second kappa shape index (κ2) is 8.80. The lowest BCUT2D eigenvalue weighted by molar-refractivity contribution is -0.133. The number of nitrogens with zero attached hydrogens (tertiary/aromatic N) is 1. The molecule has 2 rings (SSSR count).